The minimum Gasteiger partial charge on any atom is -0.507 e. The predicted octanol–water partition coefficient (Wildman–Crippen LogP) is 2.46. The molecule has 0 bridgehead atoms. The zero-order valence-corrected chi connectivity index (χ0v) is 9.48. The number of para-hydroxylation sites is 1. The Morgan fingerprint density at radius 3 is 2.36 bits per heavy atom. The molecular formula is C11H15NOS. The summed E-state index contributed by atoms with van der Waals surface area (Å²) >= 11 is 5.19. The number of nitrogens with one attached hydrogen (secondary N) is 1. The summed E-state index contributed by atoms with van der Waals surface area (Å²) in [7, 11) is 0. The van der Waals surface area contributed by atoms with E-state index in [1.807, 2.05) is 26.8 Å². The van der Waals surface area contributed by atoms with E-state index in [1.54, 1.807) is 18.2 Å². The molecule has 0 aromatic heterocycles. The van der Waals surface area contributed by atoms with Crippen molar-refractivity contribution in [3.8, 4) is 5.75 Å². The van der Waals surface area contributed by atoms with E-state index in [0.29, 0.717) is 10.6 Å². The number of aromatic hydroxyl groups is 1. The van der Waals surface area contributed by atoms with Crippen molar-refractivity contribution in [2.45, 2.75) is 26.3 Å². The highest BCUT2D eigenvalue weighted by molar-refractivity contribution is 7.80. The summed E-state index contributed by atoms with van der Waals surface area (Å²) in [5.41, 5.74) is 0.594. The molecule has 0 amide bonds. The predicted molar refractivity (Wildman–Crippen MR) is 62.7 cm³/mol. The smallest absolute Gasteiger partial charge is 0.125 e. The van der Waals surface area contributed by atoms with Crippen LogP contribution in [0.3, 0.4) is 0 Å². The molecule has 0 saturated carbocycles. The van der Waals surface area contributed by atoms with Crippen molar-refractivity contribution < 1.29 is 5.11 Å². The van der Waals surface area contributed by atoms with Crippen molar-refractivity contribution in [2.24, 2.45) is 0 Å². The fourth-order valence-electron chi connectivity index (χ4n) is 1.07. The number of hydrogen-bond donors (Lipinski definition) is 2. The van der Waals surface area contributed by atoms with Gasteiger partial charge in [0.1, 0.15) is 10.7 Å². The molecule has 0 atom stereocenters. The maximum absolute atomic E-state index is 9.55. The Hall–Kier alpha value is -1.09. The third-order valence-corrected chi connectivity index (χ3v) is 1.96. The standard InChI is InChI=1S/C11H15NOS/c1-11(2,3)12-10(14)8-6-4-5-7-9(8)13/h4-7,13H,1-3H3,(H,12,14). The summed E-state index contributed by atoms with van der Waals surface area (Å²) < 4.78 is 0. The van der Waals surface area contributed by atoms with Crippen LogP contribution < -0.4 is 5.32 Å². The third-order valence-electron chi connectivity index (χ3n) is 1.64. The van der Waals surface area contributed by atoms with Crippen molar-refractivity contribution in [3.05, 3.63) is 29.8 Å². The van der Waals surface area contributed by atoms with E-state index in [2.05, 4.69) is 5.32 Å². The fourth-order valence-corrected chi connectivity index (χ4v) is 1.55. The monoisotopic (exact) mass is 209 g/mol. The van der Waals surface area contributed by atoms with Crippen LogP contribution in [0, 0.1) is 0 Å². The van der Waals surface area contributed by atoms with Crippen LogP contribution in [0.15, 0.2) is 24.3 Å². The fraction of sp³-hybridized carbons (Fsp3) is 0.364. The summed E-state index contributed by atoms with van der Waals surface area (Å²) in [6, 6.07) is 7.06. The van der Waals surface area contributed by atoms with Crippen molar-refractivity contribution in [1.82, 2.24) is 5.32 Å². The summed E-state index contributed by atoms with van der Waals surface area (Å²) in [5.74, 6) is 0.217. The first-order valence-electron chi connectivity index (χ1n) is 4.51. The van der Waals surface area contributed by atoms with E-state index >= 15 is 0 Å². The first-order chi connectivity index (χ1) is 6.40. The van der Waals surface area contributed by atoms with E-state index in [0.717, 1.165) is 0 Å². The first kappa shape index (κ1) is 11.0. The Morgan fingerprint density at radius 1 is 1.29 bits per heavy atom. The normalized spacial score (nSPS) is 11.1. The van der Waals surface area contributed by atoms with Crippen LogP contribution >= 0.6 is 12.2 Å². The molecule has 14 heavy (non-hydrogen) atoms. The molecule has 0 spiro atoms. The Bertz CT molecular complexity index is 341. The molecule has 3 heteroatoms. The Morgan fingerprint density at radius 2 is 1.86 bits per heavy atom. The van der Waals surface area contributed by atoms with Gasteiger partial charge in [0.25, 0.3) is 0 Å². The third kappa shape index (κ3) is 3.00. The lowest BCUT2D eigenvalue weighted by Crippen LogP contribution is -2.40. The molecular weight excluding hydrogens is 194 g/mol. The maximum Gasteiger partial charge on any atom is 0.125 e. The highest BCUT2D eigenvalue weighted by Crippen LogP contribution is 2.16. The average molecular weight is 209 g/mol. The number of thiocarbonyl (C=S) groups is 1. The Kier molecular flexibility index (Phi) is 3.11. The Balaban J connectivity index is 2.86. The number of phenols is 1. The minimum absolute atomic E-state index is 0.0840. The van der Waals surface area contributed by atoms with Gasteiger partial charge in [0.15, 0.2) is 0 Å². The molecule has 0 heterocycles. The molecule has 2 nitrogen and oxygen atoms in total. The molecule has 76 valence electrons. The molecule has 0 radical (unpaired) electrons. The van der Waals surface area contributed by atoms with Crippen LogP contribution in [0.2, 0.25) is 0 Å². The van der Waals surface area contributed by atoms with Gasteiger partial charge in [0.2, 0.25) is 0 Å². The molecule has 2 N–H and O–H groups in total. The van der Waals surface area contributed by atoms with Crippen molar-refractivity contribution in [3.63, 3.8) is 0 Å². The van der Waals surface area contributed by atoms with Crippen molar-refractivity contribution in [1.29, 1.82) is 0 Å². The topological polar surface area (TPSA) is 32.3 Å². The number of hydrogen-bond acceptors (Lipinski definition) is 2. The van der Waals surface area contributed by atoms with E-state index in [1.165, 1.54) is 0 Å². The highest BCUT2D eigenvalue weighted by Gasteiger charge is 2.13. The number of rotatable bonds is 1. The second-order valence-corrected chi connectivity index (χ2v) is 4.63. The van der Waals surface area contributed by atoms with Crippen LogP contribution in [0.5, 0.6) is 5.75 Å². The Labute approximate surface area is 90.0 Å². The second kappa shape index (κ2) is 3.96. The second-order valence-electron chi connectivity index (χ2n) is 4.22. The molecule has 0 aliphatic carbocycles. The summed E-state index contributed by atoms with van der Waals surface area (Å²) in [5, 5.41) is 12.7. The SMILES string of the molecule is CC(C)(C)NC(=S)c1ccccc1O. The minimum atomic E-state index is -0.0840. The van der Waals surface area contributed by atoms with Crippen LogP contribution in [0.25, 0.3) is 0 Å². The number of benzene rings is 1. The van der Waals surface area contributed by atoms with Gasteiger partial charge < -0.3 is 10.4 Å². The summed E-state index contributed by atoms with van der Waals surface area (Å²) in [6.45, 7) is 6.08. The van der Waals surface area contributed by atoms with Gasteiger partial charge in [-0.25, -0.2) is 0 Å². The number of phenolic OH excluding ortho intramolecular Hbond substituents is 1. The average Bonchev–Trinajstić information content (AvgIpc) is 2.01. The maximum atomic E-state index is 9.55. The highest BCUT2D eigenvalue weighted by atomic mass is 32.1. The lowest BCUT2D eigenvalue weighted by atomic mass is 10.1. The van der Waals surface area contributed by atoms with Gasteiger partial charge in [-0.2, -0.15) is 0 Å². The largest absolute Gasteiger partial charge is 0.507 e. The van der Waals surface area contributed by atoms with Gasteiger partial charge in [-0.3, -0.25) is 0 Å². The molecule has 0 saturated heterocycles. The van der Waals surface area contributed by atoms with Crippen molar-refractivity contribution in [2.75, 3.05) is 0 Å². The molecule has 0 fully saturated rings. The van der Waals surface area contributed by atoms with Gasteiger partial charge in [0, 0.05) is 5.54 Å². The van der Waals surface area contributed by atoms with Gasteiger partial charge >= 0.3 is 0 Å². The van der Waals surface area contributed by atoms with Gasteiger partial charge in [-0.15, -0.1) is 0 Å². The molecule has 1 rings (SSSR count). The lowest BCUT2D eigenvalue weighted by molar-refractivity contribution is 0.472. The molecule has 0 aliphatic heterocycles. The van der Waals surface area contributed by atoms with E-state index < -0.39 is 0 Å². The van der Waals surface area contributed by atoms with Gasteiger partial charge in [-0.1, -0.05) is 24.4 Å². The van der Waals surface area contributed by atoms with E-state index in [9.17, 15) is 5.11 Å². The summed E-state index contributed by atoms with van der Waals surface area (Å²) in [6.07, 6.45) is 0. The van der Waals surface area contributed by atoms with Crippen LogP contribution in [0.4, 0.5) is 0 Å². The molecule has 1 aromatic carbocycles. The van der Waals surface area contributed by atoms with Crippen molar-refractivity contribution >= 4 is 17.2 Å². The lowest BCUT2D eigenvalue weighted by Gasteiger charge is -2.22. The molecule has 0 aliphatic rings. The van der Waals surface area contributed by atoms with Crippen LogP contribution in [0.1, 0.15) is 26.3 Å². The van der Waals surface area contributed by atoms with E-state index in [-0.39, 0.29) is 11.3 Å². The summed E-state index contributed by atoms with van der Waals surface area (Å²) in [4.78, 5) is 0.579. The first-order valence-corrected chi connectivity index (χ1v) is 4.91. The molecule has 1 aromatic rings. The van der Waals surface area contributed by atoms with Crippen LogP contribution in [-0.2, 0) is 0 Å². The van der Waals surface area contributed by atoms with Gasteiger partial charge in [-0.05, 0) is 32.9 Å². The molecule has 0 unspecified atom stereocenters. The van der Waals surface area contributed by atoms with Gasteiger partial charge in [0.05, 0.1) is 5.56 Å². The zero-order valence-electron chi connectivity index (χ0n) is 8.66. The van der Waals surface area contributed by atoms with E-state index in [4.69, 9.17) is 12.2 Å². The quantitative estimate of drug-likeness (QED) is 0.697. The van der Waals surface area contributed by atoms with Crippen LogP contribution in [-0.4, -0.2) is 15.6 Å². The zero-order chi connectivity index (χ0) is 10.8.